The topological polar surface area (TPSA) is 128 Å². The van der Waals surface area contributed by atoms with Crippen LogP contribution in [0.3, 0.4) is 0 Å². The van der Waals surface area contributed by atoms with E-state index in [1.54, 1.807) is 27.2 Å². The van der Waals surface area contributed by atoms with Crippen molar-refractivity contribution in [3.63, 3.8) is 0 Å². The van der Waals surface area contributed by atoms with E-state index in [9.17, 15) is 9.59 Å². The number of benzene rings is 1. The van der Waals surface area contributed by atoms with Crippen LogP contribution in [0.15, 0.2) is 47.3 Å². The second-order valence-electron chi connectivity index (χ2n) is 6.20. The lowest BCUT2D eigenvalue weighted by molar-refractivity contribution is 0.111. The molecule has 9 nitrogen and oxygen atoms in total. The average Bonchev–Trinajstić information content (AvgIpc) is 3.10. The van der Waals surface area contributed by atoms with Gasteiger partial charge in [0.2, 0.25) is 5.95 Å². The molecule has 3 aromatic heterocycles. The molecule has 0 aliphatic carbocycles. The van der Waals surface area contributed by atoms with Crippen LogP contribution in [0.25, 0.3) is 28.0 Å². The number of ether oxygens (including phenoxy) is 1. The van der Waals surface area contributed by atoms with E-state index in [2.05, 4.69) is 24.9 Å². The summed E-state index contributed by atoms with van der Waals surface area (Å²) in [6, 6.07) is 12.9. The maximum absolute atomic E-state index is 12.1. The summed E-state index contributed by atoms with van der Waals surface area (Å²) in [5.41, 5.74) is 9.45. The maximum Gasteiger partial charge on any atom is 0.350 e. The standard InChI is InChI=1S/C18H14N6O2.C2H6O/c1-10-7-12(8-13(9-25)20-10)14-15(11-5-3-2-4-6-11)21-17(19)24-16(14)22-23-18(24)26;1-3-2/h2-9H,1H3,(H2,19,21)(H,23,26);1-2H3. The first-order valence-electron chi connectivity index (χ1n) is 8.66. The molecule has 3 heterocycles. The zero-order valence-electron chi connectivity index (χ0n) is 16.2. The van der Waals surface area contributed by atoms with Crippen molar-refractivity contribution in [2.75, 3.05) is 20.0 Å². The van der Waals surface area contributed by atoms with E-state index in [4.69, 9.17) is 5.73 Å². The van der Waals surface area contributed by atoms with Gasteiger partial charge in [0.1, 0.15) is 5.69 Å². The summed E-state index contributed by atoms with van der Waals surface area (Å²) in [5, 5.41) is 6.53. The number of anilines is 1. The Morgan fingerprint density at radius 2 is 1.79 bits per heavy atom. The Morgan fingerprint density at radius 1 is 1.10 bits per heavy atom. The van der Waals surface area contributed by atoms with E-state index in [-0.39, 0.29) is 11.6 Å². The molecule has 0 atom stereocenters. The van der Waals surface area contributed by atoms with Crippen molar-refractivity contribution < 1.29 is 9.53 Å². The molecule has 4 rings (SSSR count). The number of methoxy groups -OCH3 is 1. The molecule has 1 aromatic carbocycles. The van der Waals surface area contributed by atoms with E-state index in [1.807, 2.05) is 36.4 Å². The highest BCUT2D eigenvalue weighted by Gasteiger charge is 2.20. The summed E-state index contributed by atoms with van der Waals surface area (Å²) >= 11 is 0. The number of aromatic amines is 1. The van der Waals surface area contributed by atoms with Crippen LogP contribution < -0.4 is 11.4 Å². The van der Waals surface area contributed by atoms with Crippen molar-refractivity contribution in [3.8, 4) is 22.4 Å². The first-order chi connectivity index (χ1) is 14.0. The fraction of sp³-hybridized carbons (Fsp3) is 0.150. The Balaban J connectivity index is 0.000000755. The molecule has 0 saturated carbocycles. The number of nitrogens with two attached hydrogens (primary N) is 1. The van der Waals surface area contributed by atoms with Gasteiger partial charge in [-0.2, -0.15) is 5.10 Å². The average molecular weight is 392 g/mol. The predicted octanol–water partition coefficient (Wildman–Crippen LogP) is 2.11. The molecular weight excluding hydrogens is 372 g/mol. The molecule has 29 heavy (non-hydrogen) atoms. The molecule has 0 saturated heterocycles. The number of carbonyl (C=O) groups excluding carboxylic acids is 1. The van der Waals surface area contributed by atoms with Crippen LogP contribution in [0.1, 0.15) is 16.2 Å². The number of aromatic nitrogens is 5. The van der Waals surface area contributed by atoms with Gasteiger partial charge in [-0.1, -0.05) is 30.3 Å². The minimum atomic E-state index is -0.479. The van der Waals surface area contributed by atoms with E-state index in [0.29, 0.717) is 34.4 Å². The van der Waals surface area contributed by atoms with Crippen molar-refractivity contribution in [3.05, 3.63) is 64.3 Å². The highest BCUT2D eigenvalue weighted by Crippen LogP contribution is 2.34. The van der Waals surface area contributed by atoms with Gasteiger partial charge in [-0.15, -0.1) is 0 Å². The Labute approximate surface area is 166 Å². The number of aldehydes is 1. The summed E-state index contributed by atoms with van der Waals surface area (Å²) in [6.45, 7) is 1.79. The number of aryl methyl sites for hydroxylation is 1. The molecule has 0 bridgehead atoms. The molecule has 0 spiro atoms. The molecule has 0 amide bonds. The third-order valence-electron chi connectivity index (χ3n) is 4.02. The lowest BCUT2D eigenvalue weighted by Crippen LogP contribution is -2.15. The number of nitrogens with zero attached hydrogens (tertiary/aromatic N) is 4. The van der Waals surface area contributed by atoms with E-state index >= 15 is 0 Å². The fourth-order valence-electron chi connectivity index (χ4n) is 2.97. The van der Waals surface area contributed by atoms with E-state index < -0.39 is 5.69 Å². The van der Waals surface area contributed by atoms with Crippen molar-refractivity contribution in [2.45, 2.75) is 6.92 Å². The highest BCUT2D eigenvalue weighted by atomic mass is 16.4. The minimum Gasteiger partial charge on any atom is -0.388 e. The maximum atomic E-state index is 12.1. The number of nitrogens with one attached hydrogen (secondary N) is 1. The third kappa shape index (κ3) is 3.90. The van der Waals surface area contributed by atoms with Gasteiger partial charge >= 0.3 is 5.69 Å². The van der Waals surface area contributed by atoms with Crippen LogP contribution in [-0.4, -0.2) is 45.1 Å². The van der Waals surface area contributed by atoms with Gasteiger partial charge in [-0.05, 0) is 24.6 Å². The number of rotatable bonds is 3. The van der Waals surface area contributed by atoms with Crippen molar-refractivity contribution >= 4 is 17.9 Å². The van der Waals surface area contributed by atoms with Gasteiger partial charge in [0.05, 0.1) is 11.3 Å². The van der Waals surface area contributed by atoms with Gasteiger partial charge in [0.25, 0.3) is 0 Å². The number of H-pyrrole nitrogens is 1. The van der Waals surface area contributed by atoms with Gasteiger partial charge < -0.3 is 10.5 Å². The van der Waals surface area contributed by atoms with Gasteiger partial charge in [-0.3, -0.25) is 9.78 Å². The van der Waals surface area contributed by atoms with Crippen molar-refractivity contribution in [1.82, 2.24) is 24.6 Å². The van der Waals surface area contributed by atoms with Crippen LogP contribution in [-0.2, 0) is 4.74 Å². The predicted molar refractivity (Wildman–Crippen MR) is 110 cm³/mol. The molecule has 9 heteroatoms. The summed E-state index contributed by atoms with van der Waals surface area (Å²) in [5.74, 6) is 0.0303. The van der Waals surface area contributed by atoms with Crippen LogP contribution >= 0.6 is 0 Å². The first kappa shape index (κ1) is 19.9. The number of hydrogen-bond acceptors (Lipinski definition) is 7. The summed E-state index contributed by atoms with van der Waals surface area (Å²) in [7, 11) is 3.25. The largest absolute Gasteiger partial charge is 0.388 e. The smallest absolute Gasteiger partial charge is 0.350 e. The van der Waals surface area contributed by atoms with Gasteiger partial charge in [0, 0.05) is 25.5 Å². The minimum absolute atomic E-state index is 0.0303. The lowest BCUT2D eigenvalue weighted by Gasteiger charge is -2.12. The monoisotopic (exact) mass is 392 g/mol. The number of pyridine rings is 1. The van der Waals surface area contributed by atoms with Gasteiger partial charge in [-0.25, -0.2) is 19.3 Å². The van der Waals surface area contributed by atoms with Crippen LogP contribution in [0, 0.1) is 6.92 Å². The highest BCUT2D eigenvalue weighted by molar-refractivity contribution is 5.92. The third-order valence-corrected chi connectivity index (χ3v) is 4.02. The zero-order chi connectivity index (χ0) is 21.0. The second kappa shape index (κ2) is 8.44. The zero-order valence-corrected chi connectivity index (χ0v) is 16.2. The lowest BCUT2D eigenvalue weighted by atomic mass is 9.99. The number of nitrogen functional groups attached to an aromatic ring is 1. The van der Waals surface area contributed by atoms with E-state index in [0.717, 1.165) is 5.56 Å². The number of fused-ring (bicyclic) bond motifs is 1. The van der Waals surface area contributed by atoms with Crippen LogP contribution in [0.5, 0.6) is 0 Å². The molecule has 0 aliphatic rings. The molecule has 4 aromatic rings. The Morgan fingerprint density at radius 3 is 2.45 bits per heavy atom. The van der Waals surface area contributed by atoms with Crippen LogP contribution in [0.2, 0.25) is 0 Å². The quantitative estimate of drug-likeness (QED) is 0.511. The SMILES string of the molecule is COC.Cc1cc(-c2c(-c3ccccc3)nc(N)n3c(=O)[nH]nc23)cc(C=O)n1. The fourth-order valence-corrected chi connectivity index (χ4v) is 2.97. The van der Waals surface area contributed by atoms with Crippen LogP contribution in [0.4, 0.5) is 5.95 Å². The molecule has 0 aliphatic heterocycles. The Bertz CT molecular complexity index is 1210. The Kier molecular flexibility index (Phi) is 5.79. The van der Waals surface area contributed by atoms with Crippen molar-refractivity contribution in [2.24, 2.45) is 0 Å². The van der Waals surface area contributed by atoms with Crippen molar-refractivity contribution in [1.29, 1.82) is 0 Å². The normalized spacial score (nSPS) is 10.4. The molecule has 3 N–H and O–H groups in total. The molecule has 0 fully saturated rings. The second-order valence-corrected chi connectivity index (χ2v) is 6.20. The summed E-state index contributed by atoms with van der Waals surface area (Å²) in [6.07, 6.45) is 0.678. The molecule has 0 unspecified atom stereocenters. The number of carbonyl (C=O) groups is 1. The molecule has 0 radical (unpaired) electrons. The number of hydrogen-bond donors (Lipinski definition) is 2. The first-order valence-corrected chi connectivity index (χ1v) is 8.66. The summed E-state index contributed by atoms with van der Waals surface area (Å²) < 4.78 is 5.46. The van der Waals surface area contributed by atoms with E-state index in [1.165, 1.54) is 4.40 Å². The van der Waals surface area contributed by atoms with Gasteiger partial charge in [0.15, 0.2) is 11.9 Å². The molecule has 148 valence electrons. The Hall–Kier alpha value is -3.85. The summed E-state index contributed by atoms with van der Waals surface area (Å²) in [4.78, 5) is 31.9. The molecular formula is C20H20N6O3.